The number of amides is 1. The van der Waals surface area contributed by atoms with Gasteiger partial charge in [0.05, 0.1) is 6.54 Å². The van der Waals surface area contributed by atoms with Crippen LogP contribution in [0.1, 0.15) is 24.0 Å². The van der Waals surface area contributed by atoms with Crippen molar-refractivity contribution >= 4 is 6.09 Å². The van der Waals surface area contributed by atoms with Gasteiger partial charge < -0.3 is 15.2 Å². The van der Waals surface area contributed by atoms with Crippen LogP contribution in [0.2, 0.25) is 0 Å². The molecule has 0 saturated carbocycles. The summed E-state index contributed by atoms with van der Waals surface area (Å²) < 4.78 is 42.9. The van der Waals surface area contributed by atoms with Crippen LogP contribution in [0.25, 0.3) is 11.1 Å². The second kappa shape index (κ2) is 6.64. The van der Waals surface area contributed by atoms with E-state index in [4.69, 9.17) is 4.74 Å². The molecule has 0 radical (unpaired) electrons. The lowest BCUT2D eigenvalue weighted by Crippen LogP contribution is -2.51. The third-order valence-electron chi connectivity index (χ3n) is 4.53. The third-order valence-corrected chi connectivity index (χ3v) is 4.53. The number of aliphatic hydroxyl groups is 1. The highest BCUT2D eigenvalue weighted by Gasteiger charge is 2.50. The van der Waals surface area contributed by atoms with Crippen molar-refractivity contribution in [1.29, 1.82) is 0 Å². The number of nitrogens with one attached hydrogen (secondary N) is 1. The molecule has 0 aromatic heterocycles. The van der Waals surface area contributed by atoms with Crippen molar-refractivity contribution in [3.05, 3.63) is 59.7 Å². The van der Waals surface area contributed by atoms with Crippen LogP contribution in [0.15, 0.2) is 48.5 Å². The topological polar surface area (TPSA) is 58.6 Å². The smallest absolute Gasteiger partial charge is 0.418 e. The van der Waals surface area contributed by atoms with Crippen LogP contribution in [-0.2, 0) is 4.74 Å². The zero-order chi connectivity index (χ0) is 18.9. The van der Waals surface area contributed by atoms with E-state index >= 15 is 0 Å². The quantitative estimate of drug-likeness (QED) is 0.866. The van der Waals surface area contributed by atoms with Crippen molar-refractivity contribution in [2.24, 2.45) is 0 Å². The molecule has 1 aliphatic rings. The van der Waals surface area contributed by atoms with Crippen molar-refractivity contribution in [3.63, 3.8) is 0 Å². The number of fused-ring (bicyclic) bond motifs is 3. The van der Waals surface area contributed by atoms with Gasteiger partial charge in [-0.25, -0.2) is 4.79 Å². The highest BCUT2D eigenvalue weighted by molar-refractivity contribution is 5.79. The highest BCUT2D eigenvalue weighted by Crippen LogP contribution is 2.44. The molecule has 0 aliphatic heterocycles. The number of hydrogen-bond donors (Lipinski definition) is 2. The van der Waals surface area contributed by atoms with Crippen LogP contribution in [0, 0.1) is 0 Å². The molecule has 0 fully saturated rings. The first-order chi connectivity index (χ1) is 12.2. The number of carbonyl (C=O) groups is 1. The monoisotopic (exact) mass is 365 g/mol. The van der Waals surface area contributed by atoms with Gasteiger partial charge in [0, 0.05) is 5.92 Å². The van der Waals surface area contributed by atoms with Crippen molar-refractivity contribution in [2.75, 3.05) is 13.2 Å². The zero-order valence-electron chi connectivity index (χ0n) is 14.0. The van der Waals surface area contributed by atoms with Crippen LogP contribution in [-0.4, -0.2) is 36.1 Å². The third kappa shape index (κ3) is 3.39. The first-order valence-electron chi connectivity index (χ1n) is 8.08. The molecule has 26 heavy (non-hydrogen) atoms. The second-order valence-electron chi connectivity index (χ2n) is 6.45. The summed E-state index contributed by atoms with van der Waals surface area (Å²) in [5, 5.41) is 11.3. The van der Waals surface area contributed by atoms with E-state index in [-0.39, 0.29) is 12.5 Å². The molecule has 4 nitrogen and oxygen atoms in total. The predicted molar refractivity (Wildman–Crippen MR) is 89.8 cm³/mol. The van der Waals surface area contributed by atoms with Crippen LogP contribution >= 0.6 is 0 Å². The molecule has 138 valence electrons. The Balaban J connectivity index is 1.66. The maximum atomic E-state index is 12.6. The van der Waals surface area contributed by atoms with E-state index in [2.05, 4.69) is 0 Å². The molecular weight excluding hydrogens is 347 g/mol. The molecule has 0 spiro atoms. The van der Waals surface area contributed by atoms with Gasteiger partial charge in [-0.15, -0.1) is 0 Å². The summed E-state index contributed by atoms with van der Waals surface area (Å²) in [4.78, 5) is 11.8. The van der Waals surface area contributed by atoms with Crippen LogP contribution in [0.4, 0.5) is 18.0 Å². The van der Waals surface area contributed by atoms with Crippen molar-refractivity contribution in [2.45, 2.75) is 24.6 Å². The maximum absolute atomic E-state index is 12.6. The molecule has 0 bridgehead atoms. The Morgan fingerprint density at radius 2 is 1.58 bits per heavy atom. The number of ether oxygens (including phenoxy) is 1. The number of benzene rings is 2. The summed E-state index contributed by atoms with van der Waals surface area (Å²) in [7, 11) is 0. The minimum Gasteiger partial charge on any atom is -0.449 e. The van der Waals surface area contributed by atoms with Crippen LogP contribution in [0.3, 0.4) is 0 Å². The van der Waals surface area contributed by atoms with Gasteiger partial charge in [-0.05, 0) is 29.2 Å². The molecule has 1 unspecified atom stereocenters. The molecular formula is C19H18F3NO3. The minimum absolute atomic E-state index is 0.00593. The number of carbonyl (C=O) groups excluding carboxylic acids is 1. The Kier molecular flexibility index (Phi) is 4.66. The van der Waals surface area contributed by atoms with Crippen LogP contribution in [0.5, 0.6) is 0 Å². The minimum atomic E-state index is -4.84. The van der Waals surface area contributed by atoms with Gasteiger partial charge in [-0.1, -0.05) is 48.5 Å². The lowest BCUT2D eigenvalue weighted by atomic mass is 9.98. The first kappa shape index (κ1) is 18.3. The SMILES string of the molecule is CC(O)(CNC(=O)OCC1c2ccccc2-c2ccccc21)C(F)(F)F. The molecule has 0 saturated heterocycles. The lowest BCUT2D eigenvalue weighted by molar-refractivity contribution is -0.249. The van der Waals surface area contributed by atoms with Gasteiger partial charge in [-0.3, -0.25) is 0 Å². The van der Waals surface area contributed by atoms with E-state index in [1.54, 1.807) is 0 Å². The largest absolute Gasteiger partial charge is 0.449 e. The van der Waals surface area contributed by atoms with Crippen molar-refractivity contribution in [3.8, 4) is 11.1 Å². The molecule has 2 N–H and O–H groups in total. The average Bonchev–Trinajstić information content (AvgIpc) is 2.91. The Morgan fingerprint density at radius 3 is 2.08 bits per heavy atom. The van der Waals surface area contributed by atoms with Gasteiger partial charge in [0.15, 0.2) is 5.60 Å². The lowest BCUT2D eigenvalue weighted by Gasteiger charge is -2.26. The fourth-order valence-corrected chi connectivity index (χ4v) is 2.99. The summed E-state index contributed by atoms with van der Waals surface area (Å²) in [6.07, 6.45) is -5.85. The van der Waals surface area contributed by atoms with Gasteiger partial charge in [-0.2, -0.15) is 13.2 Å². The number of hydrogen-bond acceptors (Lipinski definition) is 3. The van der Waals surface area contributed by atoms with E-state index in [0.29, 0.717) is 6.92 Å². The summed E-state index contributed by atoms with van der Waals surface area (Å²) in [6.45, 7) is -0.391. The van der Waals surface area contributed by atoms with Gasteiger partial charge in [0.2, 0.25) is 0 Å². The summed E-state index contributed by atoms with van der Waals surface area (Å²) in [5.74, 6) is -0.184. The molecule has 0 heterocycles. The van der Waals surface area contributed by atoms with E-state index in [0.717, 1.165) is 22.3 Å². The molecule has 3 rings (SSSR count). The fraction of sp³-hybridized carbons (Fsp3) is 0.316. The number of alkyl halides is 3. The van der Waals surface area contributed by atoms with Gasteiger partial charge in [0.1, 0.15) is 6.61 Å². The normalized spacial score (nSPS) is 15.7. The van der Waals surface area contributed by atoms with Crippen molar-refractivity contribution < 1.29 is 27.8 Å². The average molecular weight is 365 g/mol. The Bertz CT molecular complexity index is 772. The summed E-state index contributed by atoms with van der Waals surface area (Å²) in [5.41, 5.74) is 1.10. The maximum Gasteiger partial charge on any atom is 0.418 e. The number of alkyl carbamates (subject to hydrolysis) is 1. The number of halogens is 3. The molecule has 2 aromatic carbocycles. The molecule has 2 aromatic rings. The van der Waals surface area contributed by atoms with Crippen molar-refractivity contribution in [1.82, 2.24) is 5.32 Å². The van der Waals surface area contributed by atoms with Gasteiger partial charge >= 0.3 is 12.3 Å². The first-order valence-corrected chi connectivity index (χ1v) is 8.08. The highest BCUT2D eigenvalue weighted by atomic mass is 19.4. The second-order valence-corrected chi connectivity index (χ2v) is 6.45. The van der Waals surface area contributed by atoms with Crippen LogP contribution < -0.4 is 5.32 Å². The van der Waals surface area contributed by atoms with Gasteiger partial charge in [0.25, 0.3) is 0 Å². The van der Waals surface area contributed by atoms with E-state index in [1.807, 2.05) is 53.8 Å². The summed E-state index contributed by atoms with van der Waals surface area (Å²) in [6, 6.07) is 15.5. The summed E-state index contributed by atoms with van der Waals surface area (Å²) >= 11 is 0. The van der Waals surface area contributed by atoms with E-state index in [1.165, 1.54) is 0 Å². The number of rotatable bonds is 4. The molecule has 1 amide bonds. The predicted octanol–water partition coefficient (Wildman–Crippen LogP) is 3.84. The standard InChI is InChI=1S/C19H18F3NO3/c1-18(25,19(20,21)22)11-23-17(24)26-10-16-14-8-4-2-6-12(14)13-7-3-5-9-15(13)16/h2-9,16,25H,10-11H2,1H3,(H,23,24). The molecule has 7 heteroatoms. The Morgan fingerprint density at radius 1 is 1.08 bits per heavy atom. The fourth-order valence-electron chi connectivity index (χ4n) is 2.99. The Labute approximate surface area is 148 Å². The van der Waals surface area contributed by atoms with E-state index < -0.39 is 24.4 Å². The molecule has 1 aliphatic carbocycles. The van der Waals surface area contributed by atoms with E-state index in [9.17, 15) is 23.1 Å². The zero-order valence-corrected chi connectivity index (χ0v) is 14.0. The molecule has 1 atom stereocenters. The Hall–Kier alpha value is -2.54.